The van der Waals surface area contributed by atoms with Crippen LogP contribution in [-0.4, -0.2) is 33.9 Å². The SMILES string of the molecule is O=C(NCCNc1ccc([N+](=O)[O-])cc1)c1cnccn1. The molecule has 0 aliphatic carbocycles. The lowest BCUT2D eigenvalue weighted by Gasteiger charge is -2.07. The van der Waals surface area contributed by atoms with Crippen molar-refractivity contribution < 1.29 is 9.72 Å². The first-order valence-electron chi connectivity index (χ1n) is 6.19. The number of nitrogens with zero attached hydrogens (tertiary/aromatic N) is 3. The molecule has 2 aromatic rings. The number of aromatic nitrogens is 2. The van der Waals surface area contributed by atoms with Crippen molar-refractivity contribution in [2.75, 3.05) is 18.4 Å². The third-order valence-electron chi connectivity index (χ3n) is 2.61. The second-order valence-electron chi connectivity index (χ2n) is 4.08. The lowest BCUT2D eigenvalue weighted by Crippen LogP contribution is -2.29. The molecule has 0 spiro atoms. The zero-order valence-electron chi connectivity index (χ0n) is 11.0. The van der Waals surface area contributed by atoms with Gasteiger partial charge in [0.15, 0.2) is 0 Å². The summed E-state index contributed by atoms with van der Waals surface area (Å²) in [5.74, 6) is -0.298. The van der Waals surface area contributed by atoms with Crippen molar-refractivity contribution >= 4 is 17.3 Å². The number of nitro groups is 1. The first-order chi connectivity index (χ1) is 10.2. The fourth-order valence-electron chi connectivity index (χ4n) is 1.59. The number of non-ortho nitro benzene ring substituents is 1. The molecule has 108 valence electrons. The van der Waals surface area contributed by atoms with E-state index in [-0.39, 0.29) is 17.3 Å². The van der Waals surface area contributed by atoms with Gasteiger partial charge in [0.05, 0.1) is 11.1 Å². The Hall–Kier alpha value is -3.03. The normalized spacial score (nSPS) is 9.90. The maximum atomic E-state index is 11.7. The highest BCUT2D eigenvalue weighted by Crippen LogP contribution is 2.14. The summed E-state index contributed by atoms with van der Waals surface area (Å²) in [6.07, 6.45) is 4.33. The number of nitro benzene ring substituents is 1. The van der Waals surface area contributed by atoms with E-state index in [4.69, 9.17) is 0 Å². The van der Waals surface area contributed by atoms with Crippen LogP contribution in [0.15, 0.2) is 42.9 Å². The molecule has 0 fully saturated rings. The minimum absolute atomic E-state index is 0.0384. The van der Waals surface area contributed by atoms with Gasteiger partial charge in [-0.05, 0) is 12.1 Å². The van der Waals surface area contributed by atoms with Crippen LogP contribution >= 0.6 is 0 Å². The van der Waals surface area contributed by atoms with Crippen molar-refractivity contribution in [2.24, 2.45) is 0 Å². The molecule has 8 nitrogen and oxygen atoms in total. The molecule has 0 unspecified atom stereocenters. The number of anilines is 1. The lowest BCUT2D eigenvalue weighted by molar-refractivity contribution is -0.384. The van der Waals surface area contributed by atoms with Gasteiger partial charge in [-0.15, -0.1) is 0 Å². The van der Waals surface area contributed by atoms with Gasteiger partial charge in [0.2, 0.25) is 0 Å². The number of amides is 1. The Morgan fingerprint density at radius 1 is 1.19 bits per heavy atom. The number of hydrogen-bond donors (Lipinski definition) is 2. The van der Waals surface area contributed by atoms with Crippen LogP contribution in [0.3, 0.4) is 0 Å². The van der Waals surface area contributed by atoms with Crippen molar-refractivity contribution in [1.29, 1.82) is 0 Å². The number of benzene rings is 1. The van der Waals surface area contributed by atoms with Crippen LogP contribution in [0.25, 0.3) is 0 Å². The summed E-state index contributed by atoms with van der Waals surface area (Å²) in [5.41, 5.74) is 1.04. The Morgan fingerprint density at radius 2 is 1.95 bits per heavy atom. The average Bonchev–Trinajstić information content (AvgIpc) is 2.52. The van der Waals surface area contributed by atoms with E-state index in [1.165, 1.54) is 30.7 Å². The Bertz CT molecular complexity index is 615. The molecule has 0 aliphatic heterocycles. The molecular formula is C13H13N5O3. The van der Waals surface area contributed by atoms with Crippen molar-refractivity contribution in [3.8, 4) is 0 Å². The maximum Gasteiger partial charge on any atom is 0.271 e. The summed E-state index contributed by atoms with van der Waals surface area (Å²) < 4.78 is 0. The van der Waals surface area contributed by atoms with Crippen LogP contribution in [0.1, 0.15) is 10.5 Å². The molecule has 0 atom stereocenters. The zero-order chi connectivity index (χ0) is 15.1. The van der Waals surface area contributed by atoms with Crippen LogP contribution in [0.5, 0.6) is 0 Å². The summed E-state index contributed by atoms with van der Waals surface area (Å²) in [6, 6.07) is 6.06. The van der Waals surface area contributed by atoms with Gasteiger partial charge in [-0.25, -0.2) is 4.98 Å². The van der Waals surface area contributed by atoms with Crippen molar-refractivity contribution in [3.05, 3.63) is 58.7 Å². The summed E-state index contributed by atoms with van der Waals surface area (Å²) in [6.45, 7) is 0.885. The van der Waals surface area contributed by atoms with Crippen LogP contribution in [0.2, 0.25) is 0 Å². The van der Waals surface area contributed by atoms with E-state index in [0.29, 0.717) is 13.1 Å². The van der Waals surface area contributed by atoms with Gasteiger partial charge in [0.25, 0.3) is 11.6 Å². The number of rotatable bonds is 6. The largest absolute Gasteiger partial charge is 0.383 e. The van der Waals surface area contributed by atoms with E-state index in [2.05, 4.69) is 20.6 Å². The topological polar surface area (TPSA) is 110 Å². The second kappa shape index (κ2) is 6.94. The molecule has 0 saturated heterocycles. The lowest BCUT2D eigenvalue weighted by atomic mass is 10.3. The number of carbonyl (C=O) groups is 1. The molecule has 1 aromatic carbocycles. The molecule has 0 saturated carbocycles. The number of nitrogens with one attached hydrogen (secondary N) is 2. The minimum Gasteiger partial charge on any atom is -0.383 e. The highest BCUT2D eigenvalue weighted by molar-refractivity contribution is 5.91. The molecule has 1 heterocycles. The summed E-state index contributed by atoms with van der Waals surface area (Å²) in [5, 5.41) is 16.2. The maximum absolute atomic E-state index is 11.7. The van der Waals surface area contributed by atoms with Crippen LogP contribution in [-0.2, 0) is 0 Å². The summed E-state index contributed by atoms with van der Waals surface area (Å²) in [7, 11) is 0. The predicted molar refractivity (Wildman–Crippen MR) is 76.0 cm³/mol. The van der Waals surface area contributed by atoms with E-state index >= 15 is 0 Å². The van der Waals surface area contributed by atoms with Gasteiger partial charge >= 0.3 is 0 Å². The summed E-state index contributed by atoms with van der Waals surface area (Å²) in [4.78, 5) is 29.4. The molecule has 0 bridgehead atoms. The molecule has 1 aromatic heterocycles. The molecule has 2 N–H and O–H groups in total. The van der Waals surface area contributed by atoms with E-state index in [1.807, 2.05) is 0 Å². The standard InChI is InChI=1S/C13H13N5O3/c19-13(12-9-14-5-6-16-12)17-8-7-15-10-1-3-11(4-2-10)18(20)21/h1-6,9,15H,7-8H2,(H,17,19). The number of carbonyl (C=O) groups excluding carboxylic acids is 1. The van der Waals surface area contributed by atoms with Crippen LogP contribution in [0, 0.1) is 10.1 Å². The predicted octanol–water partition coefficient (Wildman–Crippen LogP) is 1.23. The molecule has 2 rings (SSSR count). The minimum atomic E-state index is -0.453. The molecular weight excluding hydrogens is 274 g/mol. The van der Waals surface area contributed by atoms with Gasteiger partial charge in [0, 0.05) is 43.3 Å². The fourth-order valence-corrected chi connectivity index (χ4v) is 1.59. The first kappa shape index (κ1) is 14.4. The van der Waals surface area contributed by atoms with Crippen molar-refractivity contribution in [1.82, 2.24) is 15.3 Å². The quantitative estimate of drug-likeness (QED) is 0.469. The smallest absolute Gasteiger partial charge is 0.271 e. The van der Waals surface area contributed by atoms with Crippen LogP contribution < -0.4 is 10.6 Å². The molecule has 1 amide bonds. The number of hydrogen-bond acceptors (Lipinski definition) is 6. The fraction of sp³-hybridized carbons (Fsp3) is 0.154. The third kappa shape index (κ3) is 4.23. The highest BCUT2D eigenvalue weighted by Gasteiger charge is 2.06. The van der Waals surface area contributed by atoms with Gasteiger partial charge in [0.1, 0.15) is 5.69 Å². The third-order valence-corrected chi connectivity index (χ3v) is 2.61. The Morgan fingerprint density at radius 3 is 2.57 bits per heavy atom. The Kier molecular flexibility index (Phi) is 4.75. The van der Waals surface area contributed by atoms with Crippen molar-refractivity contribution in [3.63, 3.8) is 0 Å². The van der Waals surface area contributed by atoms with Gasteiger partial charge in [-0.3, -0.25) is 19.9 Å². The monoisotopic (exact) mass is 287 g/mol. The van der Waals surface area contributed by atoms with Crippen molar-refractivity contribution in [2.45, 2.75) is 0 Å². The van der Waals surface area contributed by atoms with E-state index in [0.717, 1.165) is 5.69 Å². The molecule has 8 heteroatoms. The van der Waals surface area contributed by atoms with E-state index < -0.39 is 4.92 Å². The molecule has 21 heavy (non-hydrogen) atoms. The Labute approximate surface area is 120 Å². The summed E-state index contributed by atoms with van der Waals surface area (Å²) >= 11 is 0. The first-order valence-corrected chi connectivity index (χ1v) is 6.19. The highest BCUT2D eigenvalue weighted by atomic mass is 16.6. The van der Waals surface area contributed by atoms with Crippen LogP contribution in [0.4, 0.5) is 11.4 Å². The van der Waals surface area contributed by atoms with Gasteiger partial charge in [-0.1, -0.05) is 0 Å². The zero-order valence-corrected chi connectivity index (χ0v) is 11.0. The van der Waals surface area contributed by atoms with E-state index in [1.54, 1.807) is 12.1 Å². The molecule has 0 aliphatic rings. The average molecular weight is 287 g/mol. The van der Waals surface area contributed by atoms with E-state index in [9.17, 15) is 14.9 Å². The second-order valence-corrected chi connectivity index (χ2v) is 4.08. The van der Waals surface area contributed by atoms with Gasteiger partial charge < -0.3 is 10.6 Å². The van der Waals surface area contributed by atoms with Gasteiger partial charge in [-0.2, -0.15) is 0 Å². The molecule has 0 radical (unpaired) electrons. The Balaban J connectivity index is 1.75.